The Balaban J connectivity index is 1.53. The fourth-order valence-corrected chi connectivity index (χ4v) is 3.28. The summed E-state index contributed by atoms with van der Waals surface area (Å²) >= 11 is 3.53. The Morgan fingerprint density at radius 3 is 2.86 bits per heavy atom. The third-order valence-corrected chi connectivity index (χ3v) is 4.52. The second kappa shape index (κ2) is 7.90. The molecule has 1 fully saturated rings. The van der Waals surface area contributed by atoms with Crippen LogP contribution in [0.3, 0.4) is 0 Å². The van der Waals surface area contributed by atoms with Crippen LogP contribution in [-0.2, 0) is 17.7 Å². The number of morpholine rings is 1. The Morgan fingerprint density at radius 1 is 1.18 bits per heavy atom. The second-order valence-corrected chi connectivity index (χ2v) is 6.57. The summed E-state index contributed by atoms with van der Waals surface area (Å²) in [7, 11) is 0. The molecule has 1 aromatic heterocycles. The molecule has 3 rings (SSSR count). The van der Waals surface area contributed by atoms with E-state index in [0.29, 0.717) is 0 Å². The van der Waals surface area contributed by atoms with Gasteiger partial charge in [-0.15, -0.1) is 0 Å². The smallest absolute Gasteiger partial charge is 0.113 e. The lowest BCUT2D eigenvalue weighted by molar-refractivity contribution is 0.0369. The van der Waals surface area contributed by atoms with Gasteiger partial charge in [-0.05, 0) is 24.1 Å². The maximum absolute atomic E-state index is 5.39. The molecule has 1 aliphatic rings. The Labute approximate surface area is 140 Å². The third kappa shape index (κ3) is 4.41. The van der Waals surface area contributed by atoms with Gasteiger partial charge in [0, 0.05) is 49.5 Å². The van der Waals surface area contributed by atoms with Crippen molar-refractivity contribution in [2.24, 2.45) is 0 Å². The molecule has 118 valence electrons. The first-order valence-corrected chi connectivity index (χ1v) is 8.65. The molecule has 0 spiro atoms. The molecule has 0 amide bonds. The van der Waals surface area contributed by atoms with Gasteiger partial charge in [-0.2, -0.15) is 0 Å². The van der Waals surface area contributed by atoms with Gasteiger partial charge in [0.25, 0.3) is 0 Å². The maximum atomic E-state index is 5.39. The summed E-state index contributed by atoms with van der Waals surface area (Å²) in [6, 6.07) is 8.44. The molecular weight excluding hydrogens is 342 g/mol. The number of aryl methyl sites for hydroxylation is 1. The topological polar surface area (TPSA) is 30.3 Å². The Hall–Kier alpha value is -1.17. The second-order valence-electron chi connectivity index (χ2n) is 5.65. The quantitative estimate of drug-likeness (QED) is 0.790. The number of aromatic nitrogens is 2. The summed E-state index contributed by atoms with van der Waals surface area (Å²) < 4.78 is 8.79. The van der Waals surface area contributed by atoms with Crippen LogP contribution in [0.25, 0.3) is 0 Å². The highest BCUT2D eigenvalue weighted by Gasteiger charge is 2.10. The molecule has 0 radical (unpaired) electrons. The van der Waals surface area contributed by atoms with Crippen LogP contribution < -0.4 is 0 Å². The van der Waals surface area contributed by atoms with E-state index in [-0.39, 0.29) is 0 Å². The Bertz CT molecular complexity index is 593. The fourth-order valence-electron chi connectivity index (χ4n) is 2.83. The maximum Gasteiger partial charge on any atom is 0.113 e. The number of nitrogens with zero attached hydrogens (tertiary/aromatic N) is 3. The van der Waals surface area contributed by atoms with E-state index in [1.165, 1.54) is 5.56 Å². The van der Waals surface area contributed by atoms with Crippen molar-refractivity contribution >= 4 is 15.9 Å². The summed E-state index contributed by atoms with van der Waals surface area (Å²) in [5.41, 5.74) is 1.29. The van der Waals surface area contributed by atoms with Gasteiger partial charge >= 0.3 is 0 Å². The molecule has 1 saturated heterocycles. The number of imidazole rings is 1. The van der Waals surface area contributed by atoms with Crippen molar-refractivity contribution < 1.29 is 4.74 Å². The first-order valence-electron chi connectivity index (χ1n) is 7.86. The predicted molar refractivity (Wildman–Crippen MR) is 91.1 cm³/mol. The highest BCUT2D eigenvalue weighted by atomic mass is 79.9. The Morgan fingerprint density at radius 2 is 2.05 bits per heavy atom. The zero-order chi connectivity index (χ0) is 15.2. The molecule has 1 aliphatic heterocycles. The fraction of sp³-hybridized carbons (Fsp3) is 0.471. The lowest BCUT2D eigenvalue weighted by Crippen LogP contribution is -2.37. The predicted octanol–water partition coefficient (Wildman–Crippen LogP) is 2.96. The molecule has 0 N–H and O–H groups in total. The van der Waals surface area contributed by atoms with Crippen molar-refractivity contribution in [1.82, 2.24) is 14.5 Å². The lowest BCUT2D eigenvalue weighted by Gasteiger charge is -2.26. The zero-order valence-electron chi connectivity index (χ0n) is 12.7. The zero-order valence-corrected chi connectivity index (χ0v) is 14.3. The molecule has 0 aliphatic carbocycles. The van der Waals surface area contributed by atoms with Crippen molar-refractivity contribution in [1.29, 1.82) is 0 Å². The molecule has 0 saturated carbocycles. The van der Waals surface area contributed by atoms with Gasteiger partial charge in [-0.3, -0.25) is 4.90 Å². The minimum Gasteiger partial charge on any atom is -0.379 e. The number of ether oxygens (including phenoxy) is 1. The van der Waals surface area contributed by atoms with Crippen LogP contribution in [0.1, 0.15) is 17.8 Å². The summed E-state index contributed by atoms with van der Waals surface area (Å²) in [4.78, 5) is 7.00. The van der Waals surface area contributed by atoms with E-state index in [9.17, 15) is 0 Å². The van der Waals surface area contributed by atoms with Crippen LogP contribution in [0.4, 0.5) is 0 Å². The molecular formula is C17H22BrN3O. The van der Waals surface area contributed by atoms with Crippen molar-refractivity contribution in [3.05, 3.63) is 52.5 Å². The third-order valence-electron chi connectivity index (χ3n) is 4.03. The van der Waals surface area contributed by atoms with Crippen LogP contribution in [0, 0.1) is 0 Å². The number of rotatable bonds is 6. The molecule has 22 heavy (non-hydrogen) atoms. The SMILES string of the molecule is Brc1cccc(Cc2nccn2CCCN2CCOCC2)c1. The highest BCUT2D eigenvalue weighted by molar-refractivity contribution is 9.10. The largest absolute Gasteiger partial charge is 0.379 e. The van der Waals surface area contributed by atoms with Crippen molar-refractivity contribution in [3.8, 4) is 0 Å². The van der Waals surface area contributed by atoms with Gasteiger partial charge in [0.2, 0.25) is 0 Å². The van der Waals surface area contributed by atoms with Crippen LogP contribution in [0.5, 0.6) is 0 Å². The minimum absolute atomic E-state index is 0.874. The summed E-state index contributed by atoms with van der Waals surface area (Å²) in [5, 5.41) is 0. The summed E-state index contributed by atoms with van der Waals surface area (Å²) in [5.74, 6) is 1.14. The first kappa shape index (κ1) is 15.7. The Kier molecular flexibility index (Phi) is 5.64. The van der Waals surface area contributed by atoms with Crippen LogP contribution in [0.2, 0.25) is 0 Å². The van der Waals surface area contributed by atoms with Crippen molar-refractivity contribution in [2.75, 3.05) is 32.8 Å². The average Bonchev–Trinajstić information content (AvgIpc) is 2.96. The van der Waals surface area contributed by atoms with Gasteiger partial charge < -0.3 is 9.30 Å². The van der Waals surface area contributed by atoms with E-state index in [0.717, 1.165) is 62.5 Å². The molecule has 1 aromatic carbocycles. The summed E-state index contributed by atoms with van der Waals surface area (Å²) in [6.07, 6.45) is 6.03. The molecule has 0 atom stereocenters. The number of hydrogen-bond donors (Lipinski definition) is 0. The lowest BCUT2D eigenvalue weighted by atomic mass is 10.1. The first-order chi connectivity index (χ1) is 10.8. The van der Waals surface area contributed by atoms with E-state index in [2.05, 4.69) is 60.8 Å². The number of hydrogen-bond acceptors (Lipinski definition) is 3. The highest BCUT2D eigenvalue weighted by Crippen LogP contribution is 2.15. The van der Waals surface area contributed by atoms with E-state index in [1.54, 1.807) is 0 Å². The van der Waals surface area contributed by atoms with Crippen LogP contribution in [0.15, 0.2) is 41.1 Å². The van der Waals surface area contributed by atoms with Gasteiger partial charge in [-0.1, -0.05) is 28.1 Å². The molecule has 0 unspecified atom stereocenters. The number of halogens is 1. The normalized spacial score (nSPS) is 16.0. The van der Waals surface area contributed by atoms with E-state index < -0.39 is 0 Å². The minimum atomic E-state index is 0.874. The van der Waals surface area contributed by atoms with Crippen LogP contribution >= 0.6 is 15.9 Å². The van der Waals surface area contributed by atoms with Gasteiger partial charge in [0.15, 0.2) is 0 Å². The standard InChI is InChI=1S/C17H22BrN3O/c18-16-4-1-3-15(13-16)14-17-19-5-8-21(17)7-2-6-20-9-11-22-12-10-20/h1,3-5,8,13H,2,6-7,9-12,14H2. The van der Waals surface area contributed by atoms with Crippen molar-refractivity contribution in [2.45, 2.75) is 19.4 Å². The van der Waals surface area contributed by atoms with Gasteiger partial charge in [0.1, 0.15) is 5.82 Å². The molecule has 2 heterocycles. The molecule has 4 nitrogen and oxygen atoms in total. The van der Waals surface area contributed by atoms with Gasteiger partial charge in [0.05, 0.1) is 13.2 Å². The number of benzene rings is 1. The molecule has 0 bridgehead atoms. The van der Waals surface area contributed by atoms with Crippen molar-refractivity contribution in [3.63, 3.8) is 0 Å². The van der Waals surface area contributed by atoms with E-state index in [4.69, 9.17) is 4.74 Å². The average molecular weight is 364 g/mol. The van der Waals surface area contributed by atoms with E-state index >= 15 is 0 Å². The molecule has 2 aromatic rings. The molecule has 5 heteroatoms. The van der Waals surface area contributed by atoms with Crippen LogP contribution in [-0.4, -0.2) is 47.3 Å². The summed E-state index contributed by atoms with van der Waals surface area (Å²) in [6.45, 7) is 6.04. The van der Waals surface area contributed by atoms with E-state index in [1.807, 2.05) is 6.20 Å². The van der Waals surface area contributed by atoms with Gasteiger partial charge in [-0.25, -0.2) is 4.98 Å². The monoisotopic (exact) mass is 363 g/mol.